The van der Waals surface area contributed by atoms with Crippen LogP contribution >= 0.6 is 0 Å². The number of piperidine rings is 1. The van der Waals surface area contributed by atoms with E-state index < -0.39 is 6.04 Å². The molecule has 0 aromatic heterocycles. The van der Waals surface area contributed by atoms with Gasteiger partial charge >= 0.3 is 0 Å². The molecule has 2 N–H and O–H groups in total. The number of amides is 1. The minimum Gasteiger partial charge on any atom is -0.383 e. The number of carbonyl (C=O) groups is 1. The van der Waals surface area contributed by atoms with Crippen molar-refractivity contribution in [2.75, 3.05) is 26.8 Å². The lowest BCUT2D eigenvalue weighted by molar-refractivity contribution is -0.135. The highest BCUT2D eigenvalue weighted by Crippen LogP contribution is 2.15. The van der Waals surface area contributed by atoms with Gasteiger partial charge in [0.05, 0.1) is 6.61 Å². The van der Waals surface area contributed by atoms with Crippen molar-refractivity contribution in [1.82, 2.24) is 4.90 Å². The number of carbonyl (C=O) groups excluding carboxylic acids is 1. The zero-order chi connectivity index (χ0) is 10.6. The van der Waals surface area contributed by atoms with Crippen LogP contribution in [0.25, 0.3) is 0 Å². The second-order valence-electron chi connectivity index (χ2n) is 4.09. The Morgan fingerprint density at radius 3 is 3.00 bits per heavy atom. The smallest absolute Gasteiger partial charge is 0.241 e. The molecule has 4 nitrogen and oxygen atoms in total. The van der Waals surface area contributed by atoms with Gasteiger partial charge in [-0.25, -0.2) is 0 Å². The van der Waals surface area contributed by atoms with E-state index >= 15 is 0 Å². The van der Waals surface area contributed by atoms with Crippen molar-refractivity contribution in [2.24, 2.45) is 11.7 Å². The van der Waals surface area contributed by atoms with E-state index in [0.29, 0.717) is 12.5 Å². The molecule has 14 heavy (non-hydrogen) atoms. The predicted octanol–water partition coefficient (Wildman–Crippen LogP) is 0.219. The fourth-order valence-corrected chi connectivity index (χ4v) is 1.87. The van der Waals surface area contributed by atoms with E-state index in [1.54, 1.807) is 7.11 Å². The Kier molecular flexibility index (Phi) is 4.35. The van der Waals surface area contributed by atoms with Crippen LogP contribution in [-0.4, -0.2) is 43.7 Å². The Labute approximate surface area is 85.4 Å². The van der Waals surface area contributed by atoms with Crippen LogP contribution in [0.4, 0.5) is 0 Å². The second kappa shape index (κ2) is 5.32. The molecule has 2 unspecified atom stereocenters. The predicted molar refractivity (Wildman–Crippen MR) is 54.8 cm³/mol. The topological polar surface area (TPSA) is 55.6 Å². The monoisotopic (exact) mass is 200 g/mol. The van der Waals surface area contributed by atoms with Crippen molar-refractivity contribution in [2.45, 2.75) is 25.8 Å². The summed E-state index contributed by atoms with van der Waals surface area (Å²) in [5.41, 5.74) is 5.69. The van der Waals surface area contributed by atoms with Gasteiger partial charge in [-0.3, -0.25) is 4.79 Å². The Morgan fingerprint density at radius 2 is 2.43 bits per heavy atom. The van der Waals surface area contributed by atoms with Crippen LogP contribution in [0.3, 0.4) is 0 Å². The summed E-state index contributed by atoms with van der Waals surface area (Å²) in [4.78, 5) is 13.6. The highest BCUT2D eigenvalue weighted by molar-refractivity contribution is 5.81. The van der Waals surface area contributed by atoms with Gasteiger partial charge in [-0.15, -0.1) is 0 Å². The lowest BCUT2D eigenvalue weighted by atomic mass is 10.00. The number of hydrogen-bond donors (Lipinski definition) is 1. The summed E-state index contributed by atoms with van der Waals surface area (Å²) in [7, 11) is 1.56. The molecule has 1 fully saturated rings. The molecule has 1 saturated heterocycles. The third-order valence-electron chi connectivity index (χ3n) is 2.63. The number of nitrogens with zero attached hydrogens (tertiary/aromatic N) is 1. The molecular weight excluding hydrogens is 180 g/mol. The fourth-order valence-electron chi connectivity index (χ4n) is 1.87. The number of nitrogens with two attached hydrogens (primary N) is 1. The van der Waals surface area contributed by atoms with Gasteiger partial charge in [-0.1, -0.05) is 6.92 Å². The van der Waals surface area contributed by atoms with Crippen LogP contribution in [0.15, 0.2) is 0 Å². The van der Waals surface area contributed by atoms with Crippen LogP contribution in [-0.2, 0) is 9.53 Å². The summed E-state index contributed by atoms with van der Waals surface area (Å²) in [6.07, 6.45) is 2.30. The van der Waals surface area contributed by atoms with Gasteiger partial charge in [0, 0.05) is 20.2 Å². The quantitative estimate of drug-likeness (QED) is 0.709. The van der Waals surface area contributed by atoms with Crippen LogP contribution in [0.1, 0.15) is 19.8 Å². The SMILES string of the molecule is COCC(N)C(=O)N1CCCC(C)C1. The Morgan fingerprint density at radius 1 is 1.71 bits per heavy atom. The lowest BCUT2D eigenvalue weighted by Gasteiger charge is -2.32. The minimum atomic E-state index is -0.495. The Hall–Kier alpha value is -0.610. The molecular formula is C10H20N2O2. The molecule has 0 saturated carbocycles. The fraction of sp³-hybridized carbons (Fsp3) is 0.900. The Bertz CT molecular complexity index is 197. The zero-order valence-electron chi connectivity index (χ0n) is 9.03. The first-order chi connectivity index (χ1) is 6.65. The second-order valence-corrected chi connectivity index (χ2v) is 4.09. The molecule has 2 atom stereocenters. The van der Waals surface area contributed by atoms with Crippen molar-refractivity contribution in [1.29, 1.82) is 0 Å². The van der Waals surface area contributed by atoms with Crippen molar-refractivity contribution in [3.63, 3.8) is 0 Å². The first-order valence-electron chi connectivity index (χ1n) is 5.18. The molecule has 1 amide bonds. The largest absolute Gasteiger partial charge is 0.383 e. The molecule has 1 aliphatic heterocycles. The molecule has 1 heterocycles. The van der Waals surface area contributed by atoms with Gasteiger partial charge in [0.15, 0.2) is 0 Å². The average Bonchev–Trinajstić information content (AvgIpc) is 2.17. The number of hydrogen-bond acceptors (Lipinski definition) is 3. The van der Waals surface area contributed by atoms with Crippen molar-refractivity contribution < 1.29 is 9.53 Å². The molecule has 1 rings (SSSR count). The summed E-state index contributed by atoms with van der Waals surface area (Å²) in [5, 5.41) is 0. The summed E-state index contributed by atoms with van der Waals surface area (Å²) < 4.78 is 4.87. The van der Waals surface area contributed by atoms with Gasteiger partial charge in [-0.05, 0) is 18.8 Å². The summed E-state index contributed by atoms with van der Waals surface area (Å²) in [6, 6.07) is -0.495. The van der Waals surface area contributed by atoms with Crippen LogP contribution in [0.2, 0.25) is 0 Å². The van der Waals surface area contributed by atoms with Crippen molar-refractivity contribution >= 4 is 5.91 Å². The number of methoxy groups -OCH3 is 1. The van der Waals surface area contributed by atoms with Crippen molar-refractivity contribution in [3.05, 3.63) is 0 Å². The van der Waals surface area contributed by atoms with E-state index in [4.69, 9.17) is 10.5 Å². The van der Waals surface area contributed by atoms with Crippen LogP contribution in [0.5, 0.6) is 0 Å². The number of rotatable bonds is 3. The Balaban J connectivity index is 2.42. The van der Waals surface area contributed by atoms with Crippen LogP contribution in [0, 0.1) is 5.92 Å². The molecule has 1 aliphatic rings. The molecule has 0 aliphatic carbocycles. The van der Waals surface area contributed by atoms with Gasteiger partial charge in [0.25, 0.3) is 0 Å². The van der Waals surface area contributed by atoms with E-state index in [2.05, 4.69) is 6.92 Å². The first kappa shape index (κ1) is 11.5. The first-order valence-corrected chi connectivity index (χ1v) is 5.18. The molecule has 0 bridgehead atoms. The van der Waals surface area contributed by atoms with E-state index in [1.807, 2.05) is 4.90 Å². The standard InChI is InChI=1S/C10H20N2O2/c1-8-4-3-5-12(6-8)10(13)9(11)7-14-2/h8-9H,3-7,11H2,1-2H3. The molecule has 82 valence electrons. The maximum atomic E-state index is 11.8. The average molecular weight is 200 g/mol. The maximum absolute atomic E-state index is 11.8. The van der Waals surface area contributed by atoms with Gasteiger partial charge in [0.1, 0.15) is 6.04 Å². The van der Waals surface area contributed by atoms with Crippen LogP contribution < -0.4 is 5.73 Å². The minimum absolute atomic E-state index is 0.0263. The lowest BCUT2D eigenvalue weighted by Crippen LogP contribution is -2.49. The highest BCUT2D eigenvalue weighted by Gasteiger charge is 2.24. The summed E-state index contributed by atoms with van der Waals surface area (Å²) >= 11 is 0. The van der Waals surface area contributed by atoms with E-state index in [0.717, 1.165) is 19.5 Å². The molecule has 0 radical (unpaired) electrons. The third-order valence-corrected chi connectivity index (χ3v) is 2.63. The van der Waals surface area contributed by atoms with E-state index in [9.17, 15) is 4.79 Å². The molecule has 0 aromatic rings. The van der Waals surface area contributed by atoms with E-state index in [1.165, 1.54) is 6.42 Å². The highest BCUT2D eigenvalue weighted by atomic mass is 16.5. The van der Waals surface area contributed by atoms with E-state index in [-0.39, 0.29) is 5.91 Å². The molecule has 0 spiro atoms. The number of ether oxygens (including phenoxy) is 1. The van der Waals surface area contributed by atoms with Crippen molar-refractivity contribution in [3.8, 4) is 0 Å². The van der Waals surface area contributed by atoms with Gasteiger partial charge in [-0.2, -0.15) is 0 Å². The summed E-state index contributed by atoms with van der Waals surface area (Å²) in [6.45, 7) is 4.17. The molecule has 0 aromatic carbocycles. The number of likely N-dealkylation sites (tertiary alicyclic amines) is 1. The normalized spacial score (nSPS) is 24.8. The maximum Gasteiger partial charge on any atom is 0.241 e. The van der Waals surface area contributed by atoms with Gasteiger partial charge < -0.3 is 15.4 Å². The third kappa shape index (κ3) is 2.96. The molecule has 4 heteroatoms. The summed E-state index contributed by atoms with van der Waals surface area (Å²) in [5.74, 6) is 0.626. The zero-order valence-corrected chi connectivity index (χ0v) is 9.03. The van der Waals surface area contributed by atoms with Gasteiger partial charge in [0.2, 0.25) is 5.91 Å².